The molecule has 138 valence electrons. The molecule has 0 heterocycles. The van der Waals surface area contributed by atoms with Gasteiger partial charge in [-0.15, -0.1) is 0 Å². The first-order valence-electron chi connectivity index (χ1n) is 8.64. The molecule has 0 bridgehead atoms. The maximum Gasteiger partial charge on any atom is 0.315 e. The van der Waals surface area contributed by atoms with E-state index in [0.29, 0.717) is 12.1 Å². The Labute approximate surface area is 153 Å². The molecule has 0 aromatic heterocycles. The summed E-state index contributed by atoms with van der Waals surface area (Å²) in [5.74, 6) is -0.582. The van der Waals surface area contributed by atoms with Crippen LogP contribution in [0.2, 0.25) is 0 Å². The highest BCUT2D eigenvalue weighted by Gasteiger charge is 2.19. The van der Waals surface area contributed by atoms with Crippen LogP contribution in [0.15, 0.2) is 48.5 Å². The molecule has 0 spiro atoms. The molecule has 3 amide bonds. The van der Waals surface area contributed by atoms with E-state index in [1.165, 1.54) is 12.1 Å². The second kappa shape index (κ2) is 9.56. The molecule has 1 atom stereocenters. The number of nitrogens with one attached hydrogen (secondary N) is 3. The first-order valence-corrected chi connectivity index (χ1v) is 8.64. The number of hydrogen-bond acceptors (Lipinski definition) is 2. The molecule has 0 fully saturated rings. The Hall–Kier alpha value is -2.89. The van der Waals surface area contributed by atoms with Crippen molar-refractivity contribution < 1.29 is 14.0 Å². The van der Waals surface area contributed by atoms with Gasteiger partial charge in [-0.1, -0.05) is 43.2 Å². The van der Waals surface area contributed by atoms with Crippen LogP contribution >= 0.6 is 0 Å². The number of benzene rings is 2. The Bertz CT molecular complexity index is 730. The van der Waals surface area contributed by atoms with E-state index in [0.717, 1.165) is 17.5 Å². The average molecular weight is 357 g/mol. The first-order chi connectivity index (χ1) is 12.5. The van der Waals surface area contributed by atoms with Crippen LogP contribution < -0.4 is 16.0 Å². The number of hydrogen-bond donors (Lipinski definition) is 3. The molecular weight excluding hydrogens is 333 g/mol. The summed E-state index contributed by atoms with van der Waals surface area (Å²) in [6.07, 6.45) is 1.28. The van der Waals surface area contributed by atoms with Crippen LogP contribution in [0.5, 0.6) is 0 Å². The molecule has 6 heteroatoms. The summed E-state index contributed by atoms with van der Waals surface area (Å²) >= 11 is 0. The topological polar surface area (TPSA) is 70.2 Å². The van der Waals surface area contributed by atoms with Crippen LogP contribution in [-0.2, 0) is 11.3 Å². The normalized spacial score (nSPS) is 11.5. The summed E-state index contributed by atoms with van der Waals surface area (Å²) in [5, 5.41) is 8.19. The van der Waals surface area contributed by atoms with E-state index in [9.17, 15) is 14.0 Å². The van der Waals surface area contributed by atoms with E-state index in [1.807, 2.05) is 38.1 Å². The van der Waals surface area contributed by atoms with Crippen molar-refractivity contribution in [2.45, 2.75) is 39.3 Å². The third-order valence-electron chi connectivity index (χ3n) is 3.88. The minimum Gasteiger partial charge on any atom is -0.334 e. The standard InChI is InChI=1S/C20H24FN3O2/c1-3-4-18(19(25)23-17-11-5-14(2)6-12-17)24-20(26)22-13-15-7-9-16(21)10-8-15/h5-12,18H,3-4,13H2,1-2H3,(H,23,25)(H2,22,24,26)/t18-/m0/s1. The summed E-state index contributed by atoms with van der Waals surface area (Å²) in [5.41, 5.74) is 2.57. The molecule has 0 saturated carbocycles. The second-order valence-electron chi connectivity index (χ2n) is 6.15. The van der Waals surface area contributed by atoms with Gasteiger partial charge in [0.2, 0.25) is 5.91 Å². The highest BCUT2D eigenvalue weighted by atomic mass is 19.1. The van der Waals surface area contributed by atoms with Crippen LogP contribution in [0.3, 0.4) is 0 Å². The molecule has 0 aliphatic carbocycles. The van der Waals surface area contributed by atoms with Gasteiger partial charge in [0.05, 0.1) is 0 Å². The van der Waals surface area contributed by atoms with Crippen LogP contribution in [0.1, 0.15) is 30.9 Å². The lowest BCUT2D eigenvalue weighted by molar-refractivity contribution is -0.118. The smallest absolute Gasteiger partial charge is 0.315 e. The molecule has 5 nitrogen and oxygen atoms in total. The number of amides is 3. The number of carbonyl (C=O) groups excluding carboxylic acids is 2. The van der Waals surface area contributed by atoms with Gasteiger partial charge in [0.25, 0.3) is 0 Å². The van der Waals surface area contributed by atoms with Crippen molar-refractivity contribution in [1.82, 2.24) is 10.6 Å². The van der Waals surface area contributed by atoms with Crippen molar-refractivity contribution >= 4 is 17.6 Å². The SMILES string of the molecule is CCC[C@H](NC(=O)NCc1ccc(F)cc1)C(=O)Nc1ccc(C)cc1. The van der Waals surface area contributed by atoms with Crippen LogP contribution in [0, 0.1) is 12.7 Å². The number of halogens is 1. The molecule has 0 aliphatic heterocycles. The van der Waals surface area contributed by atoms with E-state index >= 15 is 0 Å². The van der Waals surface area contributed by atoms with Crippen LogP contribution in [0.4, 0.5) is 14.9 Å². The van der Waals surface area contributed by atoms with E-state index in [2.05, 4.69) is 16.0 Å². The van der Waals surface area contributed by atoms with Gasteiger partial charge in [0, 0.05) is 12.2 Å². The minimum absolute atomic E-state index is 0.255. The fraction of sp³-hybridized carbons (Fsp3) is 0.300. The molecule has 26 heavy (non-hydrogen) atoms. The van der Waals surface area contributed by atoms with Crippen molar-refractivity contribution in [2.24, 2.45) is 0 Å². The molecular formula is C20H24FN3O2. The first kappa shape index (κ1) is 19.4. The predicted octanol–water partition coefficient (Wildman–Crippen LogP) is 3.74. The lowest BCUT2D eigenvalue weighted by Gasteiger charge is -2.18. The lowest BCUT2D eigenvalue weighted by Crippen LogP contribution is -2.47. The maximum absolute atomic E-state index is 12.9. The molecule has 3 N–H and O–H groups in total. The summed E-state index contributed by atoms with van der Waals surface area (Å²) in [6.45, 7) is 4.17. The molecule has 2 rings (SSSR count). The number of rotatable bonds is 7. The molecule has 2 aromatic carbocycles. The summed E-state index contributed by atoms with van der Waals surface area (Å²) < 4.78 is 12.9. The number of aryl methyl sites for hydroxylation is 1. The van der Waals surface area contributed by atoms with Gasteiger partial charge >= 0.3 is 6.03 Å². The van der Waals surface area contributed by atoms with Crippen molar-refractivity contribution in [3.05, 3.63) is 65.5 Å². The molecule has 2 aromatic rings. The van der Waals surface area contributed by atoms with Crippen molar-refractivity contribution in [1.29, 1.82) is 0 Å². The fourth-order valence-electron chi connectivity index (χ4n) is 2.42. The van der Waals surface area contributed by atoms with Gasteiger partial charge in [0.1, 0.15) is 11.9 Å². The molecule has 0 aliphatic rings. The zero-order valence-electron chi connectivity index (χ0n) is 15.0. The molecule has 0 saturated heterocycles. The van der Waals surface area contributed by atoms with Crippen molar-refractivity contribution in [3.63, 3.8) is 0 Å². The largest absolute Gasteiger partial charge is 0.334 e. The van der Waals surface area contributed by atoms with Gasteiger partial charge in [-0.3, -0.25) is 4.79 Å². The number of carbonyl (C=O) groups is 2. The van der Waals surface area contributed by atoms with E-state index < -0.39 is 12.1 Å². The highest BCUT2D eigenvalue weighted by Crippen LogP contribution is 2.10. The van der Waals surface area contributed by atoms with Crippen molar-refractivity contribution in [2.75, 3.05) is 5.32 Å². The minimum atomic E-state index is -0.630. The van der Waals surface area contributed by atoms with Crippen LogP contribution in [-0.4, -0.2) is 18.0 Å². The molecule has 0 radical (unpaired) electrons. The van der Waals surface area contributed by atoms with Gasteiger partial charge in [-0.2, -0.15) is 0 Å². The zero-order chi connectivity index (χ0) is 18.9. The Morgan fingerprint density at radius 1 is 1.04 bits per heavy atom. The molecule has 0 unspecified atom stereocenters. The Morgan fingerprint density at radius 3 is 2.31 bits per heavy atom. The zero-order valence-corrected chi connectivity index (χ0v) is 15.0. The summed E-state index contributed by atoms with van der Waals surface area (Å²) in [6, 6.07) is 12.3. The summed E-state index contributed by atoms with van der Waals surface area (Å²) in [4.78, 5) is 24.5. The fourth-order valence-corrected chi connectivity index (χ4v) is 2.42. The lowest BCUT2D eigenvalue weighted by atomic mass is 10.1. The van der Waals surface area contributed by atoms with Crippen LogP contribution in [0.25, 0.3) is 0 Å². The monoisotopic (exact) mass is 357 g/mol. The number of urea groups is 1. The number of anilines is 1. The van der Waals surface area contributed by atoms with E-state index in [4.69, 9.17) is 0 Å². The third kappa shape index (κ3) is 6.20. The van der Waals surface area contributed by atoms with Crippen molar-refractivity contribution in [3.8, 4) is 0 Å². The van der Waals surface area contributed by atoms with Gasteiger partial charge < -0.3 is 16.0 Å². The Morgan fingerprint density at radius 2 is 1.69 bits per heavy atom. The van der Waals surface area contributed by atoms with Gasteiger partial charge in [0.15, 0.2) is 0 Å². The van der Waals surface area contributed by atoms with E-state index in [-0.39, 0.29) is 18.3 Å². The average Bonchev–Trinajstić information content (AvgIpc) is 2.63. The highest BCUT2D eigenvalue weighted by molar-refractivity contribution is 5.96. The second-order valence-corrected chi connectivity index (χ2v) is 6.15. The summed E-state index contributed by atoms with van der Waals surface area (Å²) in [7, 11) is 0. The maximum atomic E-state index is 12.9. The predicted molar refractivity (Wildman–Crippen MR) is 100 cm³/mol. The third-order valence-corrected chi connectivity index (χ3v) is 3.88. The quantitative estimate of drug-likeness (QED) is 0.706. The van der Waals surface area contributed by atoms with E-state index in [1.54, 1.807) is 12.1 Å². The Balaban J connectivity index is 1.88. The Kier molecular flexibility index (Phi) is 7.14. The van der Waals surface area contributed by atoms with Gasteiger partial charge in [-0.25, -0.2) is 9.18 Å². The van der Waals surface area contributed by atoms with Gasteiger partial charge in [-0.05, 0) is 43.2 Å².